The molecule has 2 saturated heterocycles. The van der Waals surface area contributed by atoms with E-state index in [4.69, 9.17) is 19.5 Å². The van der Waals surface area contributed by atoms with Crippen molar-refractivity contribution in [3.63, 3.8) is 0 Å². The molecule has 0 saturated carbocycles. The van der Waals surface area contributed by atoms with Gasteiger partial charge in [0.05, 0.1) is 25.4 Å². The third-order valence-electron chi connectivity index (χ3n) is 3.25. The number of ether oxygens (including phenoxy) is 3. The Morgan fingerprint density at radius 1 is 1.35 bits per heavy atom. The van der Waals surface area contributed by atoms with Gasteiger partial charge in [-0.2, -0.15) is 0 Å². The lowest BCUT2D eigenvalue weighted by Gasteiger charge is -2.34. The van der Waals surface area contributed by atoms with E-state index >= 15 is 0 Å². The van der Waals surface area contributed by atoms with Crippen LogP contribution in [0.5, 0.6) is 0 Å². The number of rotatable bonds is 3. The first-order valence-electron chi connectivity index (χ1n) is 6.05. The van der Waals surface area contributed by atoms with Crippen molar-refractivity contribution in [1.29, 1.82) is 0 Å². The second-order valence-electron chi connectivity index (χ2n) is 4.71. The fourth-order valence-corrected chi connectivity index (χ4v) is 2.10. The van der Waals surface area contributed by atoms with E-state index in [2.05, 4.69) is 18.4 Å². The molecule has 1 N–H and O–H groups in total. The molecule has 2 aliphatic heterocycles. The molecule has 0 spiro atoms. The third-order valence-corrected chi connectivity index (χ3v) is 3.25. The molecule has 0 radical (unpaired) electrons. The summed E-state index contributed by atoms with van der Waals surface area (Å²) in [4.78, 5) is 4.35. The van der Waals surface area contributed by atoms with Crippen LogP contribution in [0.4, 0.5) is 0 Å². The van der Waals surface area contributed by atoms with Gasteiger partial charge in [-0.05, 0) is 25.3 Å². The zero-order chi connectivity index (χ0) is 12.3. The van der Waals surface area contributed by atoms with Crippen molar-refractivity contribution in [2.75, 3.05) is 13.2 Å². The Morgan fingerprint density at radius 3 is 2.82 bits per heavy atom. The van der Waals surface area contributed by atoms with E-state index in [1.165, 1.54) is 0 Å². The molecule has 0 aliphatic carbocycles. The molecule has 17 heavy (non-hydrogen) atoms. The van der Waals surface area contributed by atoms with Gasteiger partial charge in [-0.15, -0.1) is 0 Å². The van der Waals surface area contributed by atoms with Crippen LogP contribution in [0.1, 0.15) is 26.2 Å². The summed E-state index contributed by atoms with van der Waals surface area (Å²) in [5.74, 6) is 0. The summed E-state index contributed by atoms with van der Waals surface area (Å²) < 4.78 is 16.8. The van der Waals surface area contributed by atoms with Gasteiger partial charge in [0.2, 0.25) is 0 Å². The van der Waals surface area contributed by atoms with Crippen LogP contribution in [0.25, 0.3) is 0 Å². The van der Waals surface area contributed by atoms with E-state index in [-0.39, 0.29) is 12.4 Å². The quantitative estimate of drug-likeness (QED) is 0.465. The van der Waals surface area contributed by atoms with Gasteiger partial charge >= 0.3 is 0 Å². The van der Waals surface area contributed by atoms with Crippen LogP contribution in [0.2, 0.25) is 0 Å². The summed E-state index contributed by atoms with van der Waals surface area (Å²) in [6.45, 7) is 6.79. The van der Waals surface area contributed by atoms with E-state index in [1.807, 2.05) is 0 Å². The van der Waals surface area contributed by atoms with Crippen molar-refractivity contribution in [2.24, 2.45) is 0 Å². The SMILES string of the molecule is C=C1COC(O[C@H]2CCC(C)OC2)CC1OO. The van der Waals surface area contributed by atoms with Crippen LogP contribution in [0, 0.1) is 0 Å². The van der Waals surface area contributed by atoms with Gasteiger partial charge in [0.15, 0.2) is 6.29 Å². The lowest BCUT2D eigenvalue weighted by atomic mass is 10.1. The molecule has 0 aromatic carbocycles. The molecule has 5 heteroatoms. The van der Waals surface area contributed by atoms with Crippen LogP contribution in [0.15, 0.2) is 12.2 Å². The van der Waals surface area contributed by atoms with Crippen molar-refractivity contribution < 1.29 is 24.4 Å². The highest BCUT2D eigenvalue weighted by atomic mass is 17.1. The summed E-state index contributed by atoms with van der Waals surface area (Å²) in [7, 11) is 0. The Labute approximate surface area is 101 Å². The lowest BCUT2D eigenvalue weighted by Crippen LogP contribution is -2.39. The molecule has 4 atom stereocenters. The molecule has 0 aromatic rings. The Bertz CT molecular complexity index is 260. The van der Waals surface area contributed by atoms with Gasteiger partial charge in [0.1, 0.15) is 6.10 Å². The molecule has 2 fully saturated rings. The van der Waals surface area contributed by atoms with Crippen LogP contribution >= 0.6 is 0 Å². The molecule has 2 aliphatic rings. The van der Waals surface area contributed by atoms with Crippen LogP contribution in [0.3, 0.4) is 0 Å². The first-order valence-corrected chi connectivity index (χ1v) is 6.05. The van der Waals surface area contributed by atoms with Gasteiger partial charge in [-0.25, -0.2) is 4.89 Å². The van der Waals surface area contributed by atoms with Crippen molar-refractivity contribution >= 4 is 0 Å². The number of hydrogen-bond acceptors (Lipinski definition) is 5. The summed E-state index contributed by atoms with van der Waals surface area (Å²) in [5, 5.41) is 8.72. The minimum absolute atomic E-state index is 0.0712. The maximum absolute atomic E-state index is 8.72. The van der Waals surface area contributed by atoms with Crippen LogP contribution < -0.4 is 0 Å². The number of hydrogen-bond donors (Lipinski definition) is 1. The molecule has 2 rings (SSSR count). The highest BCUT2D eigenvalue weighted by Crippen LogP contribution is 2.24. The van der Waals surface area contributed by atoms with E-state index in [0.717, 1.165) is 18.4 Å². The predicted molar refractivity (Wildman–Crippen MR) is 60.5 cm³/mol. The summed E-state index contributed by atoms with van der Waals surface area (Å²) in [6, 6.07) is 0. The fraction of sp³-hybridized carbons (Fsp3) is 0.833. The summed E-state index contributed by atoms with van der Waals surface area (Å²) in [6.07, 6.45) is 2.10. The highest BCUT2D eigenvalue weighted by Gasteiger charge is 2.30. The Kier molecular flexibility index (Phi) is 4.53. The van der Waals surface area contributed by atoms with E-state index in [1.54, 1.807) is 0 Å². The summed E-state index contributed by atoms with van der Waals surface area (Å²) >= 11 is 0. The summed E-state index contributed by atoms with van der Waals surface area (Å²) in [5.41, 5.74) is 0.737. The standard InChI is InChI=1S/C12H20O5/c1-8-6-15-12(5-11(8)17-13)16-10-4-3-9(2)14-7-10/h9-13H,1,3-7H2,2H3/t9?,10-,11?,12?/m0/s1. The predicted octanol–water partition coefficient (Wildman–Crippen LogP) is 1.73. The van der Waals surface area contributed by atoms with Crippen molar-refractivity contribution in [1.82, 2.24) is 0 Å². The van der Waals surface area contributed by atoms with Crippen molar-refractivity contribution in [3.8, 4) is 0 Å². The minimum atomic E-state index is -0.391. The average molecular weight is 244 g/mol. The van der Waals surface area contributed by atoms with E-state index in [0.29, 0.717) is 25.7 Å². The van der Waals surface area contributed by atoms with Crippen molar-refractivity contribution in [2.45, 2.75) is 50.8 Å². The first-order chi connectivity index (χ1) is 8.19. The normalized spacial score (nSPS) is 39.3. The topological polar surface area (TPSA) is 57.2 Å². The molecule has 5 nitrogen and oxygen atoms in total. The van der Waals surface area contributed by atoms with Crippen molar-refractivity contribution in [3.05, 3.63) is 12.2 Å². The molecular formula is C12H20O5. The first kappa shape index (κ1) is 13.0. The molecule has 98 valence electrons. The van der Waals surface area contributed by atoms with Crippen LogP contribution in [-0.4, -0.2) is 43.1 Å². The van der Waals surface area contributed by atoms with Gasteiger partial charge in [0.25, 0.3) is 0 Å². The average Bonchev–Trinajstić information content (AvgIpc) is 2.34. The molecule has 2 heterocycles. The lowest BCUT2D eigenvalue weighted by molar-refractivity contribution is -0.300. The molecule has 0 amide bonds. The Hall–Kier alpha value is -0.460. The van der Waals surface area contributed by atoms with Crippen LogP contribution in [-0.2, 0) is 19.1 Å². The second-order valence-corrected chi connectivity index (χ2v) is 4.71. The van der Waals surface area contributed by atoms with Gasteiger partial charge in [-0.1, -0.05) is 6.58 Å². The van der Waals surface area contributed by atoms with Gasteiger partial charge in [-0.3, -0.25) is 5.26 Å². The Morgan fingerprint density at radius 2 is 2.18 bits per heavy atom. The fourth-order valence-electron chi connectivity index (χ4n) is 2.10. The maximum atomic E-state index is 8.72. The molecule has 0 bridgehead atoms. The monoisotopic (exact) mass is 244 g/mol. The van der Waals surface area contributed by atoms with E-state index < -0.39 is 6.10 Å². The zero-order valence-corrected chi connectivity index (χ0v) is 10.1. The van der Waals surface area contributed by atoms with Gasteiger partial charge < -0.3 is 14.2 Å². The largest absolute Gasteiger partial charge is 0.376 e. The maximum Gasteiger partial charge on any atom is 0.161 e. The molecule has 0 aromatic heterocycles. The third kappa shape index (κ3) is 3.50. The highest BCUT2D eigenvalue weighted by molar-refractivity contribution is 5.05. The molecule has 3 unspecified atom stereocenters. The molecular weight excluding hydrogens is 224 g/mol. The smallest absolute Gasteiger partial charge is 0.161 e. The Balaban J connectivity index is 1.77. The minimum Gasteiger partial charge on any atom is -0.376 e. The second kappa shape index (κ2) is 5.93. The van der Waals surface area contributed by atoms with E-state index in [9.17, 15) is 0 Å². The zero-order valence-electron chi connectivity index (χ0n) is 10.1. The van der Waals surface area contributed by atoms with Gasteiger partial charge in [0, 0.05) is 6.42 Å².